The van der Waals surface area contributed by atoms with E-state index in [4.69, 9.17) is 4.52 Å². The van der Waals surface area contributed by atoms with E-state index in [1.807, 2.05) is 17.7 Å². The third-order valence-corrected chi connectivity index (χ3v) is 10.5. The first-order valence-electron chi connectivity index (χ1n) is 15.8. The van der Waals surface area contributed by atoms with E-state index >= 15 is 0 Å². The van der Waals surface area contributed by atoms with Crippen molar-refractivity contribution in [2.45, 2.75) is 88.3 Å². The van der Waals surface area contributed by atoms with E-state index in [2.05, 4.69) is 32.2 Å². The zero-order chi connectivity index (χ0) is 31.1. The van der Waals surface area contributed by atoms with Crippen LogP contribution in [-0.2, 0) is 13.6 Å². The Morgan fingerprint density at radius 3 is 2.51 bits per heavy atom. The summed E-state index contributed by atoms with van der Waals surface area (Å²) in [6.45, 7) is 0.486. The number of aryl methyl sites for hydroxylation is 1. The van der Waals surface area contributed by atoms with Crippen molar-refractivity contribution in [1.29, 1.82) is 0 Å². The number of alkyl halides is 3. The molecule has 2 atom stereocenters. The minimum absolute atomic E-state index is 0.261. The van der Waals surface area contributed by atoms with Crippen molar-refractivity contribution in [3.05, 3.63) is 65.5 Å². The van der Waals surface area contributed by atoms with E-state index < -0.39 is 12.3 Å². The maximum atomic E-state index is 13.1. The SMILES string of the molecule is Cn1cc(C(=O)O)c2ccc(N3C4CCC3CC3(CC(NCc5c(-c6ccccc6OC(F)(F)F)noc5C5CC5)C3)C4)cc21. The lowest BCUT2D eigenvalue weighted by Gasteiger charge is -2.56. The lowest BCUT2D eigenvalue weighted by Crippen LogP contribution is -2.57. The van der Waals surface area contributed by atoms with E-state index in [9.17, 15) is 23.1 Å². The van der Waals surface area contributed by atoms with Gasteiger partial charge in [0.1, 0.15) is 17.2 Å². The van der Waals surface area contributed by atoms with Crippen LogP contribution in [0, 0.1) is 5.41 Å². The van der Waals surface area contributed by atoms with Gasteiger partial charge in [0.2, 0.25) is 0 Å². The topological polar surface area (TPSA) is 92.8 Å². The fraction of sp³-hybridized carbons (Fsp3) is 0.471. The fourth-order valence-electron chi connectivity index (χ4n) is 8.53. The predicted octanol–water partition coefficient (Wildman–Crippen LogP) is 7.38. The smallest absolute Gasteiger partial charge is 0.478 e. The number of anilines is 1. The van der Waals surface area contributed by atoms with Gasteiger partial charge >= 0.3 is 12.3 Å². The molecule has 1 spiro atoms. The van der Waals surface area contributed by atoms with Gasteiger partial charge in [0.25, 0.3) is 0 Å². The Morgan fingerprint density at radius 2 is 1.82 bits per heavy atom. The molecule has 2 unspecified atom stereocenters. The van der Waals surface area contributed by atoms with Crippen molar-refractivity contribution < 1.29 is 32.3 Å². The number of piperidine rings is 1. The molecule has 2 aliphatic carbocycles. The molecule has 2 saturated carbocycles. The van der Waals surface area contributed by atoms with Gasteiger partial charge in [-0.05, 0) is 87.1 Å². The van der Waals surface area contributed by atoms with Gasteiger partial charge in [-0.25, -0.2) is 4.79 Å². The number of hydrogen-bond donors (Lipinski definition) is 2. The van der Waals surface area contributed by atoms with Crippen LogP contribution in [0.4, 0.5) is 18.9 Å². The molecule has 0 radical (unpaired) electrons. The quantitative estimate of drug-likeness (QED) is 0.212. The second-order valence-corrected chi connectivity index (χ2v) is 13.5. The summed E-state index contributed by atoms with van der Waals surface area (Å²) in [6.07, 6.45) is 5.57. The Hall–Kier alpha value is -3.99. The number of hydrogen-bond acceptors (Lipinski definition) is 6. The monoisotopic (exact) mass is 620 g/mol. The van der Waals surface area contributed by atoms with Crippen molar-refractivity contribution in [1.82, 2.24) is 15.0 Å². The van der Waals surface area contributed by atoms with E-state index in [0.717, 1.165) is 73.6 Å². The summed E-state index contributed by atoms with van der Waals surface area (Å²) in [5, 5.41) is 18.3. The number of carbonyl (C=O) groups is 1. The minimum atomic E-state index is -4.80. The molecule has 4 aliphatic rings. The Labute approximate surface area is 258 Å². The number of halogens is 3. The normalized spacial score (nSPS) is 26.0. The summed E-state index contributed by atoms with van der Waals surface area (Å²) in [6, 6.07) is 13.5. The van der Waals surface area contributed by atoms with Crippen molar-refractivity contribution in [2.24, 2.45) is 12.5 Å². The van der Waals surface area contributed by atoms with Crippen molar-refractivity contribution in [2.75, 3.05) is 4.90 Å². The van der Waals surface area contributed by atoms with Gasteiger partial charge in [-0.1, -0.05) is 17.3 Å². The van der Waals surface area contributed by atoms with Crippen molar-refractivity contribution in [3.63, 3.8) is 0 Å². The molecule has 2 bridgehead atoms. The van der Waals surface area contributed by atoms with Gasteiger partial charge in [0.15, 0.2) is 0 Å². The van der Waals surface area contributed by atoms with Crippen LogP contribution >= 0.6 is 0 Å². The summed E-state index contributed by atoms with van der Waals surface area (Å²) in [7, 11) is 1.89. The van der Waals surface area contributed by atoms with Crippen LogP contribution in [0.1, 0.15) is 79.0 Å². The van der Waals surface area contributed by atoms with Gasteiger partial charge in [-0.15, -0.1) is 13.2 Å². The largest absolute Gasteiger partial charge is 0.573 e. The molecule has 45 heavy (non-hydrogen) atoms. The first-order chi connectivity index (χ1) is 21.6. The molecule has 2 saturated heterocycles. The van der Waals surface area contributed by atoms with Crippen LogP contribution in [-0.4, -0.2) is 45.3 Å². The average molecular weight is 621 g/mol. The molecule has 2 N–H and O–H groups in total. The number of aromatic nitrogens is 2. The number of fused-ring (bicyclic) bond motifs is 3. The number of carboxylic acids is 1. The highest BCUT2D eigenvalue weighted by Gasteiger charge is 2.54. The summed E-state index contributed by atoms with van der Waals surface area (Å²) < 4.78 is 51.4. The van der Waals surface area contributed by atoms with Gasteiger partial charge in [-0.3, -0.25) is 0 Å². The summed E-state index contributed by atoms with van der Waals surface area (Å²) in [5.41, 5.74) is 4.24. The first kappa shape index (κ1) is 28.5. The second kappa shape index (κ2) is 10.3. The molecule has 2 aromatic heterocycles. The van der Waals surface area contributed by atoms with Crippen LogP contribution in [0.15, 0.2) is 53.2 Å². The molecule has 4 heterocycles. The van der Waals surface area contributed by atoms with Crippen LogP contribution in [0.25, 0.3) is 22.2 Å². The zero-order valence-electron chi connectivity index (χ0n) is 24.9. The highest BCUT2D eigenvalue weighted by molar-refractivity contribution is 6.04. The minimum Gasteiger partial charge on any atom is -0.478 e. The number of para-hydroxylation sites is 1. The van der Waals surface area contributed by atoms with E-state index in [1.165, 1.54) is 17.8 Å². The Bertz CT molecular complexity index is 1770. The lowest BCUT2D eigenvalue weighted by molar-refractivity contribution is -0.274. The molecular formula is C34H35F3N4O4. The molecule has 0 amide bonds. The molecule has 4 aromatic rings. The second-order valence-electron chi connectivity index (χ2n) is 13.5. The average Bonchev–Trinajstić information content (AvgIpc) is 3.56. The number of aromatic carboxylic acids is 1. The number of ether oxygens (including phenoxy) is 1. The summed E-state index contributed by atoms with van der Waals surface area (Å²) >= 11 is 0. The van der Waals surface area contributed by atoms with Gasteiger partial charge < -0.3 is 29.2 Å². The third kappa shape index (κ3) is 5.05. The lowest BCUT2D eigenvalue weighted by atomic mass is 9.58. The number of benzene rings is 2. The Kier molecular flexibility index (Phi) is 6.50. The molecular weight excluding hydrogens is 585 g/mol. The number of nitrogens with zero attached hydrogens (tertiary/aromatic N) is 3. The van der Waals surface area contributed by atoms with Crippen molar-refractivity contribution in [3.8, 4) is 17.0 Å². The molecule has 8 rings (SSSR count). The van der Waals surface area contributed by atoms with Crippen LogP contribution < -0.4 is 15.0 Å². The van der Waals surface area contributed by atoms with E-state index in [0.29, 0.717) is 35.9 Å². The molecule has 2 aliphatic heterocycles. The highest BCUT2D eigenvalue weighted by atomic mass is 19.4. The Morgan fingerprint density at radius 1 is 1.09 bits per heavy atom. The third-order valence-electron chi connectivity index (χ3n) is 10.5. The maximum Gasteiger partial charge on any atom is 0.573 e. The molecule has 4 fully saturated rings. The number of rotatable bonds is 8. The van der Waals surface area contributed by atoms with Crippen LogP contribution in [0.5, 0.6) is 5.75 Å². The van der Waals surface area contributed by atoms with Crippen molar-refractivity contribution >= 4 is 22.6 Å². The summed E-state index contributed by atoms with van der Waals surface area (Å²) in [4.78, 5) is 14.3. The molecule has 2 aromatic carbocycles. The molecule has 236 valence electrons. The zero-order valence-corrected chi connectivity index (χ0v) is 24.9. The van der Waals surface area contributed by atoms with Crippen LogP contribution in [0.2, 0.25) is 0 Å². The standard InChI is InChI=1S/C34H35F3N4O4/c1-40-18-27(32(42)43)24-11-10-21(12-28(24)40)41-22-8-9-23(41)16-33(15-22)13-20(14-33)38-17-26-30(39-45-31(26)19-6-7-19)25-4-2-3-5-29(25)44-34(35,36)37/h2-5,10-12,18-20,22-23,38H,6-9,13-17H2,1H3,(H,42,43). The molecule has 8 nitrogen and oxygen atoms in total. The summed E-state index contributed by atoms with van der Waals surface area (Å²) in [5.74, 6) is -0.159. The number of carboxylic acid groups (broad SMARTS) is 1. The van der Waals surface area contributed by atoms with Gasteiger partial charge in [-0.2, -0.15) is 0 Å². The van der Waals surface area contributed by atoms with E-state index in [-0.39, 0.29) is 22.6 Å². The maximum absolute atomic E-state index is 13.1. The van der Waals surface area contributed by atoms with Gasteiger partial charge in [0, 0.05) is 66.0 Å². The van der Waals surface area contributed by atoms with Crippen LogP contribution in [0.3, 0.4) is 0 Å². The van der Waals surface area contributed by atoms with Gasteiger partial charge in [0.05, 0.1) is 11.1 Å². The van der Waals surface area contributed by atoms with E-state index in [1.54, 1.807) is 18.3 Å². The highest BCUT2D eigenvalue weighted by Crippen LogP contribution is 2.57. The molecule has 11 heteroatoms. The first-order valence-corrected chi connectivity index (χ1v) is 15.8. The predicted molar refractivity (Wildman–Crippen MR) is 161 cm³/mol. The number of nitrogens with one attached hydrogen (secondary N) is 1. The fourth-order valence-corrected chi connectivity index (χ4v) is 8.53. The Balaban J connectivity index is 0.959.